The summed E-state index contributed by atoms with van der Waals surface area (Å²) in [5.41, 5.74) is 2.44. The van der Waals surface area contributed by atoms with Gasteiger partial charge in [0.1, 0.15) is 10.7 Å². The highest BCUT2D eigenvalue weighted by molar-refractivity contribution is 7.18. The lowest BCUT2D eigenvalue weighted by atomic mass is 10.1. The van der Waals surface area contributed by atoms with E-state index in [-0.39, 0.29) is 25.0 Å². The summed E-state index contributed by atoms with van der Waals surface area (Å²) < 4.78 is 0. The third kappa shape index (κ3) is 3.76. The molecule has 1 aliphatic carbocycles. The minimum atomic E-state index is -0.130. The summed E-state index contributed by atoms with van der Waals surface area (Å²) in [5.74, 6) is 0.591. The third-order valence-electron chi connectivity index (χ3n) is 5.39. The average molecular weight is 376 g/mol. The van der Waals surface area contributed by atoms with Crippen LogP contribution in [0.1, 0.15) is 61.5 Å². The van der Waals surface area contributed by atoms with Crippen LogP contribution in [0.3, 0.4) is 0 Å². The molecule has 2 heterocycles. The van der Waals surface area contributed by atoms with E-state index in [2.05, 4.69) is 4.98 Å². The number of likely N-dealkylation sites (N-methyl/N-ethyl adjacent to an activating group) is 1. The molecule has 3 rings (SSSR count). The Hall–Kier alpha value is -1.53. The Labute approximate surface area is 159 Å². The summed E-state index contributed by atoms with van der Waals surface area (Å²) in [6, 6.07) is -0.130. The smallest absolute Gasteiger partial charge is 0.230 e. The SMILES string of the molecule is CCC(CO)N(CC)C(=O)Cc1nc(C)c2c3c(sc2n1)CCCCC3. The Morgan fingerprint density at radius 2 is 2.00 bits per heavy atom. The predicted octanol–water partition coefficient (Wildman–Crippen LogP) is 3.43. The van der Waals surface area contributed by atoms with Crippen LogP contribution >= 0.6 is 11.3 Å². The zero-order valence-electron chi connectivity index (χ0n) is 16.0. The maximum atomic E-state index is 12.7. The van der Waals surface area contributed by atoms with Gasteiger partial charge >= 0.3 is 0 Å². The van der Waals surface area contributed by atoms with Gasteiger partial charge in [-0.3, -0.25) is 4.79 Å². The number of fused-ring (bicyclic) bond motifs is 3. The van der Waals surface area contributed by atoms with Crippen LogP contribution in [0.4, 0.5) is 0 Å². The zero-order valence-corrected chi connectivity index (χ0v) is 16.9. The Morgan fingerprint density at radius 3 is 2.69 bits per heavy atom. The number of rotatable bonds is 6. The number of amides is 1. The molecule has 1 amide bonds. The van der Waals surface area contributed by atoms with E-state index in [1.54, 1.807) is 16.2 Å². The van der Waals surface area contributed by atoms with Crippen LogP contribution in [-0.4, -0.2) is 45.1 Å². The summed E-state index contributed by atoms with van der Waals surface area (Å²) in [6.07, 6.45) is 6.99. The number of thiophene rings is 1. The molecule has 0 spiro atoms. The average Bonchev–Trinajstić information content (AvgIpc) is 2.81. The van der Waals surface area contributed by atoms with Gasteiger partial charge in [-0.25, -0.2) is 9.97 Å². The van der Waals surface area contributed by atoms with E-state index in [1.165, 1.54) is 35.1 Å². The first-order chi connectivity index (χ1) is 12.6. The highest BCUT2D eigenvalue weighted by Gasteiger charge is 2.23. The van der Waals surface area contributed by atoms with Crippen LogP contribution in [0.25, 0.3) is 10.2 Å². The van der Waals surface area contributed by atoms with E-state index >= 15 is 0 Å². The van der Waals surface area contributed by atoms with Gasteiger partial charge in [-0.1, -0.05) is 13.3 Å². The molecular formula is C20H29N3O2S. The van der Waals surface area contributed by atoms with Crippen molar-refractivity contribution in [3.05, 3.63) is 22.0 Å². The second-order valence-corrected chi connectivity index (χ2v) is 8.15. The van der Waals surface area contributed by atoms with E-state index < -0.39 is 0 Å². The molecule has 1 N–H and O–H groups in total. The molecule has 5 nitrogen and oxygen atoms in total. The fourth-order valence-corrected chi connectivity index (χ4v) is 5.31. The lowest BCUT2D eigenvalue weighted by Crippen LogP contribution is -2.43. The lowest BCUT2D eigenvalue weighted by molar-refractivity contribution is -0.133. The number of aliphatic hydroxyl groups excluding tert-OH is 1. The molecule has 0 fully saturated rings. The molecule has 0 aliphatic heterocycles. The van der Waals surface area contributed by atoms with Gasteiger partial charge in [0.2, 0.25) is 5.91 Å². The van der Waals surface area contributed by atoms with Crippen molar-refractivity contribution in [1.82, 2.24) is 14.9 Å². The highest BCUT2D eigenvalue weighted by Crippen LogP contribution is 2.36. The van der Waals surface area contributed by atoms with Crippen LogP contribution in [0.2, 0.25) is 0 Å². The molecule has 0 radical (unpaired) electrons. The Bertz CT molecular complexity index is 783. The molecule has 0 saturated heterocycles. The summed E-state index contributed by atoms with van der Waals surface area (Å²) in [5, 5.41) is 10.7. The van der Waals surface area contributed by atoms with Crippen molar-refractivity contribution >= 4 is 27.5 Å². The number of carbonyl (C=O) groups is 1. The summed E-state index contributed by atoms with van der Waals surface area (Å²) in [6.45, 7) is 6.55. The fraction of sp³-hybridized carbons (Fsp3) is 0.650. The maximum absolute atomic E-state index is 12.7. The topological polar surface area (TPSA) is 66.3 Å². The zero-order chi connectivity index (χ0) is 18.7. The molecule has 1 aliphatic rings. The number of aryl methyl sites for hydroxylation is 3. The van der Waals surface area contributed by atoms with E-state index in [0.717, 1.165) is 29.8 Å². The number of hydrogen-bond donors (Lipinski definition) is 1. The Balaban J connectivity index is 1.88. The molecule has 0 aromatic carbocycles. The first-order valence-electron chi connectivity index (χ1n) is 9.77. The van der Waals surface area contributed by atoms with E-state index in [4.69, 9.17) is 4.98 Å². The number of nitrogens with zero attached hydrogens (tertiary/aromatic N) is 3. The molecule has 0 bridgehead atoms. The van der Waals surface area contributed by atoms with Crippen LogP contribution < -0.4 is 0 Å². The van der Waals surface area contributed by atoms with Gasteiger partial charge in [-0.05, 0) is 51.5 Å². The molecule has 142 valence electrons. The Morgan fingerprint density at radius 1 is 1.23 bits per heavy atom. The molecule has 1 unspecified atom stereocenters. The van der Waals surface area contributed by atoms with Gasteiger partial charge in [-0.15, -0.1) is 11.3 Å². The first-order valence-corrected chi connectivity index (χ1v) is 10.6. The highest BCUT2D eigenvalue weighted by atomic mass is 32.1. The van der Waals surface area contributed by atoms with Crippen LogP contribution in [-0.2, 0) is 24.1 Å². The number of aliphatic hydroxyl groups is 1. The van der Waals surface area contributed by atoms with Gasteiger partial charge in [0, 0.05) is 16.8 Å². The van der Waals surface area contributed by atoms with Crippen LogP contribution in [0.15, 0.2) is 0 Å². The van der Waals surface area contributed by atoms with Crippen molar-refractivity contribution < 1.29 is 9.90 Å². The molecular weight excluding hydrogens is 346 g/mol. The molecule has 2 aromatic rings. The van der Waals surface area contributed by atoms with E-state index in [1.807, 2.05) is 20.8 Å². The van der Waals surface area contributed by atoms with Crippen molar-refractivity contribution in [2.45, 2.75) is 71.8 Å². The van der Waals surface area contributed by atoms with Gasteiger partial charge < -0.3 is 10.0 Å². The van der Waals surface area contributed by atoms with Crippen LogP contribution in [0.5, 0.6) is 0 Å². The lowest BCUT2D eigenvalue weighted by Gasteiger charge is -2.28. The summed E-state index contributed by atoms with van der Waals surface area (Å²) in [7, 11) is 0. The normalized spacial score (nSPS) is 15.5. The van der Waals surface area contributed by atoms with Gasteiger partial charge in [0.05, 0.1) is 24.8 Å². The molecule has 6 heteroatoms. The third-order valence-corrected chi connectivity index (χ3v) is 6.57. The van der Waals surface area contributed by atoms with Crippen molar-refractivity contribution in [2.24, 2.45) is 0 Å². The van der Waals surface area contributed by atoms with Gasteiger partial charge in [-0.2, -0.15) is 0 Å². The summed E-state index contributed by atoms with van der Waals surface area (Å²) >= 11 is 1.78. The minimum Gasteiger partial charge on any atom is -0.394 e. The van der Waals surface area contributed by atoms with Crippen molar-refractivity contribution in [3.63, 3.8) is 0 Å². The number of hydrogen-bond acceptors (Lipinski definition) is 5. The fourth-order valence-electron chi connectivity index (χ4n) is 3.97. The predicted molar refractivity (Wildman–Crippen MR) is 106 cm³/mol. The quantitative estimate of drug-likeness (QED) is 0.786. The summed E-state index contributed by atoms with van der Waals surface area (Å²) in [4.78, 5) is 26.4. The molecule has 26 heavy (non-hydrogen) atoms. The molecule has 0 saturated carbocycles. The maximum Gasteiger partial charge on any atom is 0.230 e. The van der Waals surface area contributed by atoms with Gasteiger partial charge in [0.15, 0.2) is 0 Å². The van der Waals surface area contributed by atoms with Crippen molar-refractivity contribution in [3.8, 4) is 0 Å². The van der Waals surface area contributed by atoms with Crippen LogP contribution in [0, 0.1) is 6.92 Å². The second kappa shape index (κ2) is 8.44. The minimum absolute atomic E-state index is 0.00730. The standard InChI is InChI=1S/C20H29N3O2S/c1-4-14(12-24)23(5-2)18(25)11-17-21-13(3)19-15-9-7-6-8-10-16(15)26-20(19)22-17/h14,24H,4-12H2,1-3H3. The second-order valence-electron chi connectivity index (χ2n) is 7.07. The van der Waals surface area contributed by atoms with Crippen molar-refractivity contribution in [1.29, 1.82) is 0 Å². The molecule has 2 aromatic heterocycles. The first kappa shape index (κ1) is 19.2. The van der Waals surface area contributed by atoms with Crippen molar-refractivity contribution in [2.75, 3.05) is 13.2 Å². The molecule has 1 atom stereocenters. The number of aromatic nitrogens is 2. The largest absolute Gasteiger partial charge is 0.394 e. The van der Waals surface area contributed by atoms with E-state index in [9.17, 15) is 9.90 Å². The Kier molecular flexibility index (Phi) is 6.24. The number of carbonyl (C=O) groups excluding carboxylic acids is 1. The van der Waals surface area contributed by atoms with Gasteiger partial charge in [0.25, 0.3) is 0 Å². The monoisotopic (exact) mass is 375 g/mol. The van der Waals surface area contributed by atoms with E-state index in [0.29, 0.717) is 12.4 Å².